The van der Waals surface area contributed by atoms with Crippen molar-refractivity contribution in [2.24, 2.45) is 0 Å². The predicted molar refractivity (Wildman–Crippen MR) is 63.4 cm³/mol. The number of nitrogen functional groups attached to an aromatic ring is 1. The summed E-state index contributed by atoms with van der Waals surface area (Å²) < 4.78 is 19.2. The van der Waals surface area contributed by atoms with Crippen LogP contribution in [-0.4, -0.2) is 5.16 Å². The molecule has 2 aromatic rings. The van der Waals surface area contributed by atoms with Crippen molar-refractivity contribution in [1.82, 2.24) is 5.16 Å². The van der Waals surface area contributed by atoms with Crippen LogP contribution in [0.5, 0.6) is 0 Å². The number of aromatic nitrogens is 1. The monoisotopic (exact) mass is 284 g/mol. The third-order valence-electron chi connectivity index (χ3n) is 2.29. The van der Waals surface area contributed by atoms with E-state index < -0.39 is 0 Å². The van der Waals surface area contributed by atoms with Crippen molar-refractivity contribution in [3.8, 4) is 11.3 Å². The van der Waals surface area contributed by atoms with E-state index in [0.717, 1.165) is 12.0 Å². The van der Waals surface area contributed by atoms with Crippen LogP contribution in [0.4, 0.5) is 10.2 Å². The van der Waals surface area contributed by atoms with Gasteiger partial charge in [-0.05, 0) is 40.0 Å². The number of hydrogen-bond acceptors (Lipinski definition) is 3. The van der Waals surface area contributed by atoms with E-state index in [-0.39, 0.29) is 11.6 Å². The number of anilines is 1. The molecule has 0 fully saturated rings. The highest BCUT2D eigenvalue weighted by molar-refractivity contribution is 9.10. The molecule has 0 bridgehead atoms. The smallest absolute Gasteiger partial charge is 0.172 e. The van der Waals surface area contributed by atoms with Crippen LogP contribution in [0.25, 0.3) is 11.3 Å². The fourth-order valence-electron chi connectivity index (χ4n) is 1.44. The summed E-state index contributed by atoms with van der Waals surface area (Å²) in [6, 6.07) is 4.99. The number of nitrogens with two attached hydrogens (primary N) is 1. The first-order valence-corrected chi connectivity index (χ1v) is 5.61. The van der Waals surface area contributed by atoms with Crippen LogP contribution in [0.15, 0.2) is 27.2 Å². The first-order valence-electron chi connectivity index (χ1n) is 4.82. The van der Waals surface area contributed by atoms with E-state index in [2.05, 4.69) is 21.1 Å². The van der Waals surface area contributed by atoms with Crippen molar-refractivity contribution in [1.29, 1.82) is 0 Å². The summed E-state index contributed by atoms with van der Waals surface area (Å²) in [6.45, 7) is 2.00. The van der Waals surface area contributed by atoms with Crippen LogP contribution in [0, 0.1) is 5.82 Å². The van der Waals surface area contributed by atoms with Crippen molar-refractivity contribution in [3.63, 3.8) is 0 Å². The Morgan fingerprint density at radius 2 is 2.19 bits per heavy atom. The standard InChI is InChI=1S/C11H10BrFN2O/c1-2-6-3-7(11(13)8(12)4-6)9-5-10(14)15-16-9/h3-5H,2H2,1H3,(H2,14,15). The predicted octanol–water partition coefficient (Wildman–Crippen LogP) is 3.39. The molecule has 0 saturated heterocycles. The van der Waals surface area contributed by atoms with Crippen molar-refractivity contribution in [2.75, 3.05) is 5.73 Å². The van der Waals surface area contributed by atoms with Crippen LogP contribution in [-0.2, 0) is 6.42 Å². The highest BCUT2D eigenvalue weighted by Gasteiger charge is 2.14. The molecule has 84 valence electrons. The molecule has 0 aliphatic heterocycles. The van der Waals surface area contributed by atoms with Crippen LogP contribution >= 0.6 is 15.9 Å². The van der Waals surface area contributed by atoms with E-state index in [1.165, 1.54) is 6.07 Å². The molecule has 0 atom stereocenters. The highest BCUT2D eigenvalue weighted by atomic mass is 79.9. The van der Waals surface area contributed by atoms with E-state index in [0.29, 0.717) is 15.8 Å². The van der Waals surface area contributed by atoms with Gasteiger partial charge in [0.2, 0.25) is 0 Å². The van der Waals surface area contributed by atoms with Gasteiger partial charge in [-0.3, -0.25) is 0 Å². The summed E-state index contributed by atoms with van der Waals surface area (Å²) in [6.07, 6.45) is 0.815. The second kappa shape index (κ2) is 4.25. The van der Waals surface area contributed by atoms with Crippen molar-refractivity contribution in [2.45, 2.75) is 13.3 Å². The van der Waals surface area contributed by atoms with E-state index in [9.17, 15) is 4.39 Å². The maximum atomic E-state index is 13.8. The summed E-state index contributed by atoms with van der Waals surface area (Å²) in [5, 5.41) is 3.54. The van der Waals surface area contributed by atoms with Gasteiger partial charge >= 0.3 is 0 Å². The number of hydrogen-bond donors (Lipinski definition) is 1. The Balaban J connectivity index is 2.59. The van der Waals surface area contributed by atoms with Crippen molar-refractivity contribution in [3.05, 3.63) is 34.1 Å². The average Bonchev–Trinajstić information content (AvgIpc) is 2.68. The van der Waals surface area contributed by atoms with Gasteiger partial charge in [-0.25, -0.2) is 4.39 Å². The second-order valence-corrected chi connectivity index (χ2v) is 4.26. The topological polar surface area (TPSA) is 52.0 Å². The lowest BCUT2D eigenvalue weighted by molar-refractivity contribution is 0.433. The third-order valence-corrected chi connectivity index (χ3v) is 2.87. The summed E-state index contributed by atoms with van der Waals surface area (Å²) in [7, 11) is 0. The summed E-state index contributed by atoms with van der Waals surface area (Å²) in [4.78, 5) is 0. The molecule has 5 heteroatoms. The van der Waals surface area contributed by atoms with Crippen LogP contribution < -0.4 is 5.73 Å². The third kappa shape index (κ3) is 1.95. The average molecular weight is 285 g/mol. The molecule has 0 aliphatic carbocycles. The Labute approximate surface area is 101 Å². The summed E-state index contributed by atoms with van der Waals surface area (Å²) >= 11 is 3.17. The van der Waals surface area contributed by atoms with Crippen LogP contribution in [0.3, 0.4) is 0 Å². The molecule has 1 heterocycles. The molecular formula is C11H10BrFN2O. The van der Waals surface area contributed by atoms with Crippen LogP contribution in [0.1, 0.15) is 12.5 Å². The van der Waals surface area contributed by atoms with Gasteiger partial charge in [0.1, 0.15) is 5.82 Å². The fourth-order valence-corrected chi connectivity index (χ4v) is 1.95. The van der Waals surface area contributed by atoms with Gasteiger partial charge in [-0.1, -0.05) is 12.1 Å². The van der Waals surface area contributed by atoms with Gasteiger partial charge in [0.25, 0.3) is 0 Å². The maximum absolute atomic E-state index is 13.8. The Morgan fingerprint density at radius 1 is 1.44 bits per heavy atom. The zero-order valence-corrected chi connectivity index (χ0v) is 10.2. The molecule has 3 nitrogen and oxygen atoms in total. The molecule has 0 saturated carbocycles. The molecule has 0 spiro atoms. The van der Waals surface area contributed by atoms with E-state index in [1.807, 2.05) is 6.92 Å². The minimum atomic E-state index is -0.367. The van der Waals surface area contributed by atoms with E-state index in [4.69, 9.17) is 10.3 Å². The minimum absolute atomic E-state index is 0.243. The second-order valence-electron chi connectivity index (χ2n) is 3.41. The Morgan fingerprint density at radius 3 is 2.75 bits per heavy atom. The van der Waals surface area contributed by atoms with E-state index >= 15 is 0 Å². The van der Waals surface area contributed by atoms with Crippen molar-refractivity contribution >= 4 is 21.7 Å². The molecular weight excluding hydrogens is 275 g/mol. The number of rotatable bonds is 2. The first-order chi connectivity index (χ1) is 7.61. The molecule has 1 aromatic carbocycles. The molecule has 0 aliphatic rings. The molecule has 1 aromatic heterocycles. The van der Waals surface area contributed by atoms with Gasteiger partial charge in [0, 0.05) is 6.07 Å². The summed E-state index contributed by atoms with van der Waals surface area (Å²) in [5.74, 6) is 0.215. The highest BCUT2D eigenvalue weighted by Crippen LogP contribution is 2.30. The number of benzene rings is 1. The lowest BCUT2D eigenvalue weighted by atomic mass is 10.1. The lowest BCUT2D eigenvalue weighted by Crippen LogP contribution is -1.89. The molecule has 16 heavy (non-hydrogen) atoms. The maximum Gasteiger partial charge on any atom is 0.172 e. The normalized spacial score (nSPS) is 10.7. The molecule has 2 rings (SSSR count). The summed E-state index contributed by atoms with van der Waals surface area (Å²) in [5.41, 5.74) is 6.82. The molecule has 0 radical (unpaired) electrons. The van der Waals surface area contributed by atoms with Gasteiger partial charge in [-0.15, -0.1) is 0 Å². The van der Waals surface area contributed by atoms with Gasteiger partial charge < -0.3 is 10.3 Å². The SMILES string of the molecule is CCc1cc(Br)c(F)c(-c2cc(N)no2)c1. The Kier molecular flexibility index (Phi) is 2.96. The lowest BCUT2D eigenvalue weighted by Gasteiger charge is -2.04. The van der Waals surface area contributed by atoms with Crippen molar-refractivity contribution < 1.29 is 8.91 Å². The zero-order chi connectivity index (χ0) is 11.7. The largest absolute Gasteiger partial charge is 0.381 e. The molecule has 0 unspecified atom stereocenters. The Bertz CT molecular complexity index is 525. The van der Waals surface area contributed by atoms with Gasteiger partial charge in [0.05, 0.1) is 10.0 Å². The molecule has 2 N–H and O–H groups in total. The van der Waals surface area contributed by atoms with Gasteiger partial charge in [-0.2, -0.15) is 0 Å². The Hall–Kier alpha value is -1.36. The fraction of sp³-hybridized carbons (Fsp3) is 0.182. The first kappa shape index (κ1) is 11.1. The molecule has 0 amide bonds. The van der Waals surface area contributed by atoms with Crippen LogP contribution in [0.2, 0.25) is 0 Å². The zero-order valence-electron chi connectivity index (χ0n) is 8.63. The number of halogens is 2. The number of nitrogens with zero attached hydrogens (tertiary/aromatic N) is 1. The minimum Gasteiger partial charge on any atom is -0.381 e. The van der Waals surface area contributed by atoms with E-state index in [1.54, 1.807) is 12.1 Å². The van der Waals surface area contributed by atoms with Gasteiger partial charge in [0.15, 0.2) is 11.6 Å². The number of aryl methyl sites for hydroxylation is 1. The quantitative estimate of drug-likeness (QED) is 0.920.